The van der Waals surface area contributed by atoms with Gasteiger partial charge in [-0.3, -0.25) is 14.5 Å². The topological polar surface area (TPSA) is 75.2 Å². The number of carbonyl (C=O) groups excluding carboxylic acids is 2. The largest absolute Gasteiger partial charge is 0.349 e. The Morgan fingerprint density at radius 1 is 1.24 bits per heavy atom. The molecule has 0 bridgehead atoms. The molecule has 2 fully saturated rings. The van der Waals surface area contributed by atoms with Crippen LogP contribution in [0.5, 0.6) is 0 Å². The van der Waals surface area contributed by atoms with E-state index in [1.54, 1.807) is 11.0 Å². The highest BCUT2D eigenvalue weighted by atomic mass is 19.1. The molecule has 7 heteroatoms. The Balaban J connectivity index is 1.49. The first-order valence-electron chi connectivity index (χ1n) is 10.1. The number of hydrogen-bond acceptors (Lipinski definition) is 4. The van der Waals surface area contributed by atoms with Crippen LogP contribution in [0.1, 0.15) is 54.0 Å². The van der Waals surface area contributed by atoms with E-state index < -0.39 is 11.2 Å². The number of benzene rings is 1. The Morgan fingerprint density at radius 3 is 2.83 bits per heavy atom. The minimum absolute atomic E-state index is 0.0831. The van der Waals surface area contributed by atoms with E-state index in [-0.39, 0.29) is 17.9 Å². The molecule has 1 aliphatic carbocycles. The quantitative estimate of drug-likeness (QED) is 0.864. The Kier molecular flexibility index (Phi) is 5.06. The molecule has 1 aliphatic heterocycles. The molecule has 1 spiro atoms. The molecule has 1 saturated heterocycles. The maximum Gasteiger partial charge on any atom is 0.251 e. The highest BCUT2D eigenvalue weighted by Crippen LogP contribution is 2.45. The van der Waals surface area contributed by atoms with Crippen LogP contribution >= 0.6 is 0 Å². The Morgan fingerprint density at radius 2 is 2.07 bits per heavy atom. The molecular formula is C22H25FN4O2. The summed E-state index contributed by atoms with van der Waals surface area (Å²) in [4.78, 5) is 36.4. The highest BCUT2D eigenvalue weighted by Gasteiger charge is 2.50. The number of nitrogens with one attached hydrogen (secondary N) is 1. The zero-order valence-electron chi connectivity index (χ0n) is 16.7. The predicted octanol–water partition coefficient (Wildman–Crippen LogP) is 3.33. The van der Waals surface area contributed by atoms with Gasteiger partial charge in [0.25, 0.3) is 5.91 Å². The lowest BCUT2D eigenvalue weighted by Crippen LogP contribution is -2.46. The van der Waals surface area contributed by atoms with E-state index in [4.69, 9.17) is 0 Å². The third-order valence-corrected chi connectivity index (χ3v) is 6.01. The first kappa shape index (κ1) is 19.5. The molecule has 152 valence electrons. The number of halogens is 1. The van der Waals surface area contributed by atoms with E-state index in [1.165, 1.54) is 18.2 Å². The first-order chi connectivity index (χ1) is 13.9. The van der Waals surface area contributed by atoms with Crippen molar-refractivity contribution in [1.29, 1.82) is 0 Å². The van der Waals surface area contributed by atoms with E-state index in [9.17, 15) is 14.0 Å². The second kappa shape index (κ2) is 7.54. The maximum atomic E-state index is 13.4. The van der Waals surface area contributed by atoms with E-state index >= 15 is 0 Å². The van der Waals surface area contributed by atoms with Gasteiger partial charge >= 0.3 is 0 Å². The van der Waals surface area contributed by atoms with Crippen LogP contribution in [-0.2, 0) is 4.79 Å². The zero-order valence-corrected chi connectivity index (χ0v) is 16.7. The van der Waals surface area contributed by atoms with Crippen molar-refractivity contribution in [2.75, 3.05) is 11.4 Å². The standard InChI is InChI=1S/C22H25FN4O2/c1-14-11-19(25-15(2)24-14)27-10-9-22(21(27)29)8-4-7-18(13-22)26-20(28)16-5-3-6-17(23)12-16/h3,5-6,11-12,18H,4,7-10,13H2,1-2H3,(H,26,28). The number of carbonyl (C=O) groups is 2. The van der Waals surface area contributed by atoms with Gasteiger partial charge in [-0.2, -0.15) is 0 Å². The predicted molar refractivity (Wildman–Crippen MR) is 107 cm³/mol. The van der Waals surface area contributed by atoms with Crippen LogP contribution in [0.3, 0.4) is 0 Å². The number of rotatable bonds is 3. The molecule has 2 aromatic rings. The van der Waals surface area contributed by atoms with Crippen molar-refractivity contribution in [3.63, 3.8) is 0 Å². The molecule has 1 N–H and O–H groups in total. The van der Waals surface area contributed by atoms with Gasteiger partial charge in [-0.25, -0.2) is 14.4 Å². The number of anilines is 1. The van der Waals surface area contributed by atoms with Gasteiger partial charge in [-0.1, -0.05) is 12.5 Å². The first-order valence-corrected chi connectivity index (χ1v) is 10.1. The molecule has 29 heavy (non-hydrogen) atoms. The molecule has 1 saturated carbocycles. The lowest BCUT2D eigenvalue weighted by atomic mass is 9.71. The van der Waals surface area contributed by atoms with Crippen molar-refractivity contribution in [2.45, 2.75) is 52.0 Å². The average molecular weight is 396 g/mol. The van der Waals surface area contributed by atoms with Crippen LogP contribution < -0.4 is 10.2 Å². The molecule has 2 amide bonds. The van der Waals surface area contributed by atoms with Gasteiger partial charge in [0.1, 0.15) is 17.5 Å². The fourth-order valence-corrected chi connectivity index (χ4v) is 4.68. The van der Waals surface area contributed by atoms with Crippen LogP contribution in [0.25, 0.3) is 0 Å². The molecule has 2 unspecified atom stereocenters. The van der Waals surface area contributed by atoms with Crippen molar-refractivity contribution in [1.82, 2.24) is 15.3 Å². The van der Waals surface area contributed by atoms with Crippen molar-refractivity contribution >= 4 is 17.6 Å². The van der Waals surface area contributed by atoms with Crippen molar-refractivity contribution in [3.05, 3.63) is 53.2 Å². The molecule has 0 radical (unpaired) electrons. The summed E-state index contributed by atoms with van der Waals surface area (Å²) in [5.41, 5.74) is 0.673. The van der Waals surface area contributed by atoms with Gasteiger partial charge in [0.2, 0.25) is 5.91 Å². The van der Waals surface area contributed by atoms with Gasteiger partial charge in [0.05, 0.1) is 5.41 Å². The lowest BCUT2D eigenvalue weighted by Gasteiger charge is -2.36. The van der Waals surface area contributed by atoms with Crippen molar-refractivity contribution in [2.24, 2.45) is 5.41 Å². The minimum atomic E-state index is -0.467. The second-order valence-corrected chi connectivity index (χ2v) is 8.18. The molecule has 1 aromatic carbocycles. The Labute approximate surface area is 169 Å². The summed E-state index contributed by atoms with van der Waals surface area (Å²) in [6, 6.07) is 7.41. The summed E-state index contributed by atoms with van der Waals surface area (Å²) < 4.78 is 13.4. The van der Waals surface area contributed by atoms with Crippen LogP contribution in [0.2, 0.25) is 0 Å². The van der Waals surface area contributed by atoms with Crippen LogP contribution in [0, 0.1) is 25.1 Å². The summed E-state index contributed by atoms with van der Waals surface area (Å²) in [7, 11) is 0. The summed E-state index contributed by atoms with van der Waals surface area (Å²) in [5, 5.41) is 3.00. The molecule has 2 atom stereocenters. The van der Waals surface area contributed by atoms with Gasteiger partial charge < -0.3 is 5.32 Å². The molecule has 1 aromatic heterocycles. The molecule has 6 nitrogen and oxygen atoms in total. The summed E-state index contributed by atoms with van der Waals surface area (Å²) >= 11 is 0. The second-order valence-electron chi connectivity index (χ2n) is 8.18. The monoisotopic (exact) mass is 396 g/mol. The lowest BCUT2D eigenvalue weighted by molar-refractivity contribution is -0.127. The van der Waals surface area contributed by atoms with Crippen LogP contribution in [0.4, 0.5) is 10.2 Å². The number of hydrogen-bond donors (Lipinski definition) is 1. The number of nitrogens with zero attached hydrogens (tertiary/aromatic N) is 3. The summed E-state index contributed by atoms with van der Waals surface area (Å²) in [6.45, 7) is 4.35. The van der Waals surface area contributed by atoms with Crippen LogP contribution in [0.15, 0.2) is 30.3 Å². The van der Waals surface area contributed by atoms with E-state index in [1.807, 2.05) is 19.9 Å². The summed E-state index contributed by atoms with van der Waals surface area (Å²) in [6.07, 6.45) is 3.86. The molecule has 2 heterocycles. The van der Waals surface area contributed by atoms with Gasteiger partial charge in [0.15, 0.2) is 0 Å². The average Bonchev–Trinajstić information content (AvgIpc) is 2.97. The van der Waals surface area contributed by atoms with Crippen molar-refractivity contribution in [3.8, 4) is 0 Å². The van der Waals surface area contributed by atoms with Gasteiger partial charge in [-0.15, -0.1) is 0 Å². The third kappa shape index (κ3) is 3.86. The smallest absolute Gasteiger partial charge is 0.251 e. The highest BCUT2D eigenvalue weighted by molar-refractivity contribution is 5.99. The van der Waals surface area contributed by atoms with E-state index in [0.29, 0.717) is 30.2 Å². The SMILES string of the molecule is Cc1cc(N2CCC3(CCCC(NC(=O)c4cccc(F)c4)C3)C2=O)nc(C)n1. The molecule has 4 rings (SSSR count). The van der Waals surface area contributed by atoms with Crippen LogP contribution in [-0.4, -0.2) is 34.4 Å². The third-order valence-electron chi connectivity index (χ3n) is 6.01. The summed E-state index contributed by atoms with van der Waals surface area (Å²) in [5.74, 6) is 0.658. The van der Waals surface area contributed by atoms with Gasteiger partial charge in [-0.05, 0) is 57.7 Å². The van der Waals surface area contributed by atoms with E-state index in [0.717, 1.165) is 31.4 Å². The normalized spacial score (nSPS) is 24.2. The number of amides is 2. The fourth-order valence-electron chi connectivity index (χ4n) is 4.68. The Bertz CT molecular complexity index is 943. The van der Waals surface area contributed by atoms with Crippen molar-refractivity contribution < 1.29 is 14.0 Å². The minimum Gasteiger partial charge on any atom is -0.349 e. The Hall–Kier alpha value is -2.83. The maximum absolute atomic E-state index is 13.4. The molecule has 2 aliphatic rings. The number of aromatic nitrogens is 2. The zero-order chi connectivity index (χ0) is 20.6. The fraction of sp³-hybridized carbons (Fsp3) is 0.455. The van der Waals surface area contributed by atoms with E-state index in [2.05, 4.69) is 15.3 Å². The number of aryl methyl sites for hydroxylation is 2. The molecular weight excluding hydrogens is 371 g/mol. The van der Waals surface area contributed by atoms with Gasteiger partial charge in [0, 0.05) is 29.9 Å².